The molecule has 1 aromatic heterocycles. The number of hydrogen-bond acceptors (Lipinski definition) is 5. The topological polar surface area (TPSA) is 125 Å². The van der Waals surface area contributed by atoms with Crippen LogP contribution in [0.5, 0.6) is 0 Å². The molecule has 1 saturated heterocycles. The van der Waals surface area contributed by atoms with Gasteiger partial charge in [-0.25, -0.2) is 0 Å². The molecule has 1 fully saturated rings. The number of rotatable bonds is 7. The minimum atomic E-state index is -1.34. The zero-order chi connectivity index (χ0) is 17.8. The fourth-order valence-corrected chi connectivity index (χ4v) is 2.50. The number of carboxylic acid groups (broad SMARTS) is 1. The second-order valence-electron chi connectivity index (χ2n) is 5.76. The van der Waals surface area contributed by atoms with Crippen molar-refractivity contribution in [3.63, 3.8) is 0 Å². The van der Waals surface area contributed by atoms with E-state index in [9.17, 15) is 19.5 Å². The summed E-state index contributed by atoms with van der Waals surface area (Å²) in [6.45, 7) is 0. The van der Waals surface area contributed by atoms with E-state index >= 15 is 0 Å². The van der Waals surface area contributed by atoms with Crippen LogP contribution in [0, 0.1) is 0 Å². The molecule has 1 aromatic carbocycles. The molecule has 1 aliphatic rings. The van der Waals surface area contributed by atoms with Gasteiger partial charge >= 0.3 is 29.6 Å². The number of aliphatic carboxylic acids is 1. The maximum absolute atomic E-state index is 12.5. The number of hydrogen-bond donors (Lipinski definition) is 3. The first-order valence-corrected chi connectivity index (χ1v) is 7.79. The van der Waals surface area contributed by atoms with E-state index in [1.165, 1.54) is 4.68 Å². The van der Waals surface area contributed by atoms with Gasteiger partial charge in [0.05, 0.1) is 12.0 Å². The smallest absolute Gasteiger partial charge is 0.548 e. The van der Waals surface area contributed by atoms with Crippen molar-refractivity contribution in [2.24, 2.45) is 0 Å². The minimum Gasteiger partial charge on any atom is -0.548 e. The Kier molecular flexibility index (Phi) is 6.98. The van der Waals surface area contributed by atoms with Crippen LogP contribution >= 0.6 is 0 Å². The number of carbonyl (C=O) groups is 3. The molecule has 0 aliphatic carbocycles. The second-order valence-corrected chi connectivity index (χ2v) is 5.76. The summed E-state index contributed by atoms with van der Waals surface area (Å²) < 4.78 is 1.48. The van der Waals surface area contributed by atoms with E-state index in [-0.39, 0.29) is 36.0 Å². The SMILES string of the molecule is O=C(Nn1cccc1)[C@H](Cc1ccccc1)NC(=O)[C@H]1N[C@@H]1C(=O)[O-].[Na+]. The van der Waals surface area contributed by atoms with Gasteiger partial charge in [0.2, 0.25) is 5.91 Å². The number of nitrogens with zero attached hydrogens (tertiary/aromatic N) is 1. The van der Waals surface area contributed by atoms with Gasteiger partial charge in [0.1, 0.15) is 12.1 Å². The largest absolute Gasteiger partial charge is 1.00 e. The third-order valence-electron chi connectivity index (χ3n) is 3.88. The second kappa shape index (κ2) is 9.00. The average molecular weight is 364 g/mol. The van der Waals surface area contributed by atoms with Crippen molar-refractivity contribution in [1.82, 2.24) is 15.3 Å². The van der Waals surface area contributed by atoms with Crippen LogP contribution in [0.4, 0.5) is 0 Å². The van der Waals surface area contributed by atoms with Crippen LogP contribution in [-0.4, -0.2) is 40.6 Å². The molecular formula is C17H17N4NaO4. The number of carboxylic acids is 1. The Morgan fingerprint density at radius 1 is 1.08 bits per heavy atom. The van der Waals surface area contributed by atoms with Gasteiger partial charge in [-0.3, -0.25) is 25.0 Å². The fraction of sp³-hybridized carbons (Fsp3) is 0.235. The van der Waals surface area contributed by atoms with Gasteiger partial charge < -0.3 is 15.2 Å². The van der Waals surface area contributed by atoms with Gasteiger partial charge in [-0.15, -0.1) is 0 Å². The monoisotopic (exact) mass is 364 g/mol. The standard InChI is InChI=1S/C17H18N4O4.Na/c22-15(20-21-8-4-5-9-21)12(10-11-6-2-1-3-7-11)18-16(23)13-14(19-13)17(24)25;/h1-9,12-14,19H,10H2,(H,18,23)(H,20,22)(H,24,25);/q;+1/p-1/t12-,13-,14-;/m0./s1. The molecule has 130 valence electrons. The van der Waals surface area contributed by atoms with E-state index in [1.54, 1.807) is 24.5 Å². The van der Waals surface area contributed by atoms with E-state index in [2.05, 4.69) is 16.1 Å². The molecular weight excluding hydrogens is 347 g/mol. The van der Waals surface area contributed by atoms with E-state index < -0.39 is 35.9 Å². The Hall–Kier alpha value is -2.13. The van der Waals surface area contributed by atoms with Crippen molar-refractivity contribution in [3.8, 4) is 0 Å². The van der Waals surface area contributed by atoms with Crippen molar-refractivity contribution in [1.29, 1.82) is 0 Å². The third-order valence-corrected chi connectivity index (χ3v) is 3.88. The predicted octanol–water partition coefficient (Wildman–Crippen LogP) is -4.62. The Balaban J connectivity index is 0.00000243. The van der Waals surface area contributed by atoms with Crippen molar-refractivity contribution in [3.05, 3.63) is 60.4 Å². The van der Waals surface area contributed by atoms with Gasteiger partial charge in [-0.2, -0.15) is 0 Å². The number of benzene rings is 1. The molecule has 2 aromatic rings. The van der Waals surface area contributed by atoms with Gasteiger partial charge in [0, 0.05) is 18.8 Å². The molecule has 2 amide bonds. The molecule has 0 unspecified atom stereocenters. The Morgan fingerprint density at radius 2 is 1.73 bits per heavy atom. The summed E-state index contributed by atoms with van der Waals surface area (Å²) in [5, 5.41) is 15.9. The summed E-state index contributed by atoms with van der Waals surface area (Å²) in [7, 11) is 0. The van der Waals surface area contributed by atoms with E-state index in [4.69, 9.17) is 0 Å². The average Bonchev–Trinajstić information content (AvgIpc) is 3.26. The maximum atomic E-state index is 12.5. The van der Waals surface area contributed by atoms with E-state index in [1.807, 2.05) is 30.3 Å². The van der Waals surface area contributed by atoms with Crippen LogP contribution in [0.3, 0.4) is 0 Å². The van der Waals surface area contributed by atoms with Gasteiger partial charge in [0.15, 0.2) is 0 Å². The van der Waals surface area contributed by atoms with Crippen LogP contribution in [0.15, 0.2) is 54.9 Å². The number of amides is 2. The van der Waals surface area contributed by atoms with E-state index in [0.29, 0.717) is 0 Å². The Bertz CT molecular complexity index is 766. The summed E-state index contributed by atoms with van der Waals surface area (Å²) in [6.07, 6.45) is 3.60. The molecule has 1 aliphatic heterocycles. The van der Waals surface area contributed by atoms with Crippen molar-refractivity contribution in [2.75, 3.05) is 5.43 Å². The molecule has 0 spiro atoms. The Morgan fingerprint density at radius 3 is 2.31 bits per heavy atom. The molecule has 3 N–H and O–H groups in total. The normalized spacial score (nSPS) is 18.9. The summed E-state index contributed by atoms with van der Waals surface area (Å²) in [5.41, 5.74) is 3.53. The van der Waals surface area contributed by atoms with E-state index in [0.717, 1.165) is 5.56 Å². The fourth-order valence-electron chi connectivity index (χ4n) is 2.50. The van der Waals surface area contributed by atoms with Crippen LogP contribution in [0.1, 0.15) is 5.56 Å². The van der Waals surface area contributed by atoms with Gasteiger partial charge in [-0.05, 0) is 17.7 Å². The van der Waals surface area contributed by atoms with Gasteiger partial charge in [-0.1, -0.05) is 30.3 Å². The maximum Gasteiger partial charge on any atom is 1.00 e. The van der Waals surface area contributed by atoms with Crippen molar-refractivity contribution in [2.45, 2.75) is 24.5 Å². The molecule has 3 rings (SSSR count). The van der Waals surface area contributed by atoms with Crippen LogP contribution in [0.2, 0.25) is 0 Å². The Labute approximate surface area is 172 Å². The predicted molar refractivity (Wildman–Crippen MR) is 86.6 cm³/mol. The zero-order valence-corrected chi connectivity index (χ0v) is 16.2. The quantitative estimate of drug-likeness (QED) is 0.337. The molecule has 0 radical (unpaired) electrons. The molecule has 8 nitrogen and oxygen atoms in total. The van der Waals surface area contributed by atoms with Crippen LogP contribution in [0.25, 0.3) is 0 Å². The molecule has 3 atom stereocenters. The summed E-state index contributed by atoms with van der Waals surface area (Å²) in [4.78, 5) is 35.5. The molecule has 0 bridgehead atoms. The van der Waals surface area contributed by atoms with Crippen LogP contribution in [-0.2, 0) is 20.8 Å². The molecule has 0 saturated carbocycles. The summed E-state index contributed by atoms with van der Waals surface area (Å²) in [6, 6.07) is 10.0. The third kappa shape index (κ3) is 5.18. The van der Waals surface area contributed by atoms with Gasteiger partial charge in [0.25, 0.3) is 5.91 Å². The zero-order valence-electron chi connectivity index (χ0n) is 14.2. The van der Waals surface area contributed by atoms with Crippen molar-refractivity contribution >= 4 is 17.8 Å². The summed E-state index contributed by atoms with van der Waals surface area (Å²) >= 11 is 0. The first kappa shape index (κ1) is 20.2. The minimum absolute atomic E-state index is 0. The van der Waals surface area contributed by atoms with Crippen molar-refractivity contribution < 1.29 is 49.0 Å². The first-order chi connectivity index (χ1) is 12.0. The molecule has 9 heteroatoms. The van der Waals surface area contributed by atoms with Crippen LogP contribution < -0.4 is 50.7 Å². The first-order valence-electron chi connectivity index (χ1n) is 7.79. The summed E-state index contributed by atoms with van der Waals surface area (Å²) in [5.74, 6) is -2.28. The molecule has 26 heavy (non-hydrogen) atoms. The molecule has 2 heterocycles. The number of nitrogens with one attached hydrogen (secondary N) is 3. The number of aromatic nitrogens is 1. The number of carbonyl (C=O) groups excluding carboxylic acids is 3.